The van der Waals surface area contributed by atoms with Gasteiger partial charge in [-0.1, -0.05) is 35.3 Å². The van der Waals surface area contributed by atoms with E-state index in [1.807, 2.05) is 24.3 Å². The van der Waals surface area contributed by atoms with Crippen LogP contribution in [0.5, 0.6) is 0 Å². The number of benzene rings is 2. The van der Waals surface area contributed by atoms with E-state index in [9.17, 15) is 4.79 Å². The molecular formula is C20H16Cl2O. The van der Waals surface area contributed by atoms with Gasteiger partial charge < -0.3 is 0 Å². The highest BCUT2D eigenvalue weighted by atomic mass is 35.5. The molecule has 0 bridgehead atoms. The molecule has 2 aliphatic carbocycles. The minimum absolute atomic E-state index is 0.136. The van der Waals surface area contributed by atoms with Crippen molar-refractivity contribution in [2.45, 2.75) is 32.1 Å². The topological polar surface area (TPSA) is 17.1 Å². The second kappa shape index (κ2) is 5.81. The zero-order chi connectivity index (χ0) is 16.0. The second-order valence-electron chi connectivity index (χ2n) is 6.24. The summed E-state index contributed by atoms with van der Waals surface area (Å²) in [4.78, 5) is 13.0. The molecular weight excluding hydrogens is 327 g/mol. The Hall–Kier alpha value is -1.57. The van der Waals surface area contributed by atoms with Crippen molar-refractivity contribution < 1.29 is 4.79 Å². The maximum Gasteiger partial charge on any atom is 0.189 e. The molecule has 0 aliphatic heterocycles. The average Bonchev–Trinajstić information content (AvgIpc) is 2.55. The van der Waals surface area contributed by atoms with E-state index in [1.165, 1.54) is 11.1 Å². The number of fused-ring (bicyclic) bond motifs is 2. The summed E-state index contributed by atoms with van der Waals surface area (Å²) in [7, 11) is 0. The Morgan fingerprint density at radius 1 is 0.696 bits per heavy atom. The van der Waals surface area contributed by atoms with Crippen LogP contribution in [0.25, 0.3) is 5.57 Å². The fraction of sp³-hybridized carbons (Fsp3) is 0.250. The summed E-state index contributed by atoms with van der Waals surface area (Å²) < 4.78 is 0. The highest BCUT2D eigenvalue weighted by Crippen LogP contribution is 2.39. The van der Waals surface area contributed by atoms with Crippen LogP contribution >= 0.6 is 23.2 Å². The number of carbonyl (C=O) groups is 1. The van der Waals surface area contributed by atoms with Crippen LogP contribution < -0.4 is 0 Å². The minimum atomic E-state index is 0.136. The molecule has 0 atom stereocenters. The summed E-state index contributed by atoms with van der Waals surface area (Å²) >= 11 is 12.3. The molecule has 2 aliphatic rings. The SMILES string of the molecule is O=C1/C(=C2/CCCc3ccc(Cl)cc32)CCc2ccc(Cl)cc21. The van der Waals surface area contributed by atoms with Gasteiger partial charge in [-0.25, -0.2) is 0 Å². The third-order valence-electron chi connectivity index (χ3n) is 4.87. The largest absolute Gasteiger partial charge is 0.289 e. The van der Waals surface area contributed by atoms with Crippen molar-refractivity contribution in [1.82, 2.24) is 0 Å². The molecule has 2 aromatic carbocycles. The van der Waals surface area contributed by atoms with E-state index in [-0.39, 0.29) is 5.78 Å². The number of hydrogen-bond acceptors (Lipinski definition) is 1. The van der Waals surface area contributed by atoms with Gasteiger partial charge in [-0.05, 0) is 78.6 Å². The first-order valence-electron chi connectivity index (χ1n) is 7.97. The van der Waals surface area contributed by atoms with E-state index in [0.717, 1.165) is 59.4 Å². The lowest BCUT2D eigenvalue weighted by atomic mass is 9.78. The van der Waals surface area contributed by atoms with Gasteiger partial charge in [-0.3, -0.25) is 4.79 Å². The third kappa shape index (κ3) is 2.62. The lowest BCUT2D eigenvalue weighted by Crippen LogP contribution is -2.17. The fourth-order valence-corrected chi connectivity index (χ4v) is 4.10. The van der Waals surface area contributed by atoms with Crippen LogP contribution in [0, 0.1) is 0 Å². The summed E-state index contributed by atoms with van der Waals surface area (Å²) in [6.45, 7) is 0. The second-order valence-corrected chi connectivity index (χ2v) is 7.12. The van der Waals surface area contributed by atoms with Crippen LogP contribution in [0.1, 0.15) is 46.3 Å². The summed E-state index contributed by atoms with van der Waals surface area (Å²) in [5, 5.41) is 1.35. The predicted molar refractivity (Wildman–Crippen MR) is 95.4 cm³/mol. The summed E-state index contributed by atoms with van der Waals surface area (Å²) in [6.07, 6.45) is 4.79. The van der Waals surface area contributed by atoms with Crippen molar-refractivity contribution in [2.24, 2.45) is 0 Å². The Bertz CT molecular complexity index is 849. The molecule has 0 heterocycles. The molecule has 0 N–H and O–H groups in total. The molecule has 0 fully saturated rings. The molecule has 23 heavy (non-hydrogen) atoms. The van der Waals surface area contributed by atoms with E-state index in [0.29, 0.717) is 5.02 Å². The van der Waals surface area contributed by atoms with Crippen LogP contribution in [-0.2, 0) is 12.8 Å². The van der Waals surface area contributed by atoms with Crippen molar-refractivity contribution in [3.8, 4) is 0 Å². The molecule has 0 aromatic heterocycles. The van der Waals surface area contributed by atoms with Gasteiger partial charge in [0, 0.05) is 21.2 Å². The Morgan fingerprint density at radius 2 is 1.35 bits per heavy atom. The van der Waals surface area contributed by atoms with E-state index in [1.54, 1.807) is 6.07 Å². The van der Waals surface area contributed by atoms with Crippen molar-refractivity contribution >= 4 is 34.6 Å². The number of hydrogen-bond donors (Lipinski definition) is 0. The Labute approximate surface area is 145 Å². The van der Waals surface area contributed by atoms with Crippen molar-refractivity contribution in [3.63, 3.8) is 0 Å². The summed E-state index contributed by atoms with van der Waals surface area (Å²) in [5.41, 5.74) is 6.46. The zero-order valence-electron chi connectivity index (χ0n) is 12.7. The van der Waals surface area contributed by atoms with Gasteiger partial charge in [-0.15, -0.1) is 0 Å². The lowest BCUT2D eigenvalue weighted by molar-refractivity contribution is 0.102. The van der Waals surface area contributed by atoms with Gasteiger partial charge in [0.25, 0.3) is 0 Å². The number of halogens is 2. The number of carbonyl (C=O) groups excluding carboxylic acids is 1. The molecule has 0 saturated carbocycles. The van der Waals surface area contributed by atoms with Crippen LogP contribution in [0.4, 0.5) is 0 Å². The first-order chi connectivity index (χ1) is 11.1. The highest BCUT2D eigenvalue weighted by molar-refractivity contribution is 6.31. The Morgan fingerprint density at radius 3 is 2.09 bits per heavy atom. The molecule has 3 heteroatoms. The van der Waals surface area contributed by atoms with Crippen molar-refractivity contribution in [1.29, 1.82) is 0 Å². The predicted octanol–water partition coefficient (Wildman–Crippen LogP) is 5.91. The van der Waals surface area contributed by atoms with Gasteiger partial charge in [0.05, 0.1) is 0 Å². The third-order valence-corrected chi connectivity index (χ3v) is 5.34. The van der Waals surface area contributed by atoms with E-state index < -0.39 is 0 Å². The maximum atomic E-state index is 13.0. The number of rotatable bonds is 0. The van der Waals surface area contributed by atoms with Crippen LogP contribution in [0.15, 0.2) is 42.0 Å². The van der Waals surface area contributed by atoms with Gasteiger partial charge in [0.15, 0.2) is 5.78 Å². The summed E-state index contributed by atoms with van der Waals surface area (Å²) in [5.74, 6) is 0.136. The van der Waals surface area contributed by atoms with Crippen LogP contribution in [0.2, 0.25) is 10.0 Å². The summed E-state index contributed by atoms with van der Waals surface area (Å²) in [6, 6.07) is 11.7. The molecule has 0 amide bonds. The Balaban J connectivity index is 1.87. The van der Waals surface area contributed by atoms with E-state index in [2.05, 4.69) is 6.07 Å². The van der Waals surface area contributed by atoms with Crippen molar-refractivity contribution in [3.05, 3.63) is 74.3 Å². The van der Waals surface area contributed by atoms with Gasteiger partial charge in [0.1, 0.15) is 0 Å². The molecule has 0 radical (unpaired) electrons. The lowest BCUT2D eigenvalue weighted by Gasteiger charge is -2.25. The minimum Gasteiger partial charge on any atom is -0.289 e. The standard InChI is InChI=1S/C20H16Cl2O/c21-14-7-4-12-2-1-3-16(18(12)10-14)17-9-6-13-5-8-15(22)11-19(13)20(17)23/h4-5,7-8,10-11H,1-3,6,9H2/b17-16-. The highest BCUT2D eigenvalue weighted by Gasteiger charge is 2.27. The maximum absolute atomic E-state index is 13.0. The quantitative estimate of drug-likeness (QED) is 0.543. The molecule has 2 aromatic rings. The molecule has 0 unspecified atom stereocenters. The molecule has 0 saturated heterocycles. The normalized spacial score (nSPS) is 20.2. The molecule has 0 spiro atoms. The van der Waals surface area contributed by atoms with Gasteiger partial charge >= 0.3 is 0 Å². The molecule has 116 valence electrons. The smallest absolute Gasteiger partial charge is 0.189 e. The number of ketones is 1. The van der Waals surface area contributed by atoms with E-state index in [4.69, 9.17) is 23.2 Å². The number of Topliss-reactive ketones (excluding diaryl/α,β-unsaturated/α-hetero) is 1. The van der Waals surface area contributed by atoms with Gasteiger partial charge in [-0.2, -0.15) is 0 Å². The van der Waals surface area contributed by atoms with Crippen LogP contribution in [0.3, 0.4) is 0 Å². The zero-order valence-corrected chi connectivity index (χ0v) is 14.2. The van der Waals surface area contributed by atoms with Gasteiger partial charge in [0.2, 0.25) is 0 Å². The number of allylic oxidation sites excluding steroid dienone is 2. The van der Waals surface area contributed by atoms with E-state index >= 15 is 0 Å². The van der Waals surface area contributed by atoms with Crippen LogP contribution in [-0.4, -0.2) is 5.78 Å². The van der Waals surface area contributed by atoms with Crippen molar-refractivity contribution in [2.75, 3.05) is 0 Å². The first-order valence-corrected chi connectivity index (χ1v) is 8.73. The Kier molecular flexibility index (Phi) is 3.79. The monoisotopic (exact) mass is 342 g/mol. The first kappa shape index (κ1) is 15.0. The fourth-order valence-electron chi connectivity index (χ4n) is 3.75. The average molecular weight is 343 g/mol. The molecule has 1 nitrogen and oxygen atoms in total. The molecule has 4 rings (SSSR count). The number of aryl methyl sites for hydroxylation is 2.